The van der Waals surface area contributed by atoms with Crippen LogP contribution in [0.2, 0.25) is 5.02 Å². The predicted octanol–water partition coefficient (Wildman–Crippen LogP) is 6.11. The quantitative estimate of drug-likeness (QED) is 0.414. The van der Waals surface area contributed by atoms with Gasteiger partial charge in [-0.1, -0.05) is 41.9 Å². The molecule has 4 rings (SSSR count). The number of alkyl halides is 3. The summed E-state index contributed by atoms with van der Waals surface area (Å²) < 4.78 is 52.2. The number of benzene rings is 3. The monoisotopic (exact) mass is 518 g/mol. The topological polar surface area (TPSA) is 49.4 Å². The number of carbonyl (C=O) groups is 2. The zero-order valence-corrected chi connectivity index (χ0v) is 20.1. The van der Waals surface area contributed by atoms with Gasteiger partial charge in [0.15, 0.2) is 0 Å². The molecule has 3 aromatic rings. The van der Waals surface area contributed by atoms with E-state index < -0.39 is 23.5 Å². The van der Waals surface area contributed by atoms with E-state index in [1.54, 1.807) is 17.0 Å². The molecule has 1 aliphatic heterocycles. The second-order valence-electron chi connectivity index (χ2n) is 8.80. The van der Waals surface area contributed by atoms with Crippen molar-refractivity contribution in [2.24, 2.45) is 0 Å². The van der Waals surface area contributed by atoms with Crippen molar-refractivity contribution >= 4 is 29.1 Å². The van der Waals surface area contributed by atoms with E-state index in [1.165, 1.54) is 0 Å². The van der Waals surface area contributed by atoms with Gasteiger partial charge in [0.25, 0.3) is 0 Å². The molecule has 0 aromatic heterocycles. The van der Waals surface area contributed by atoms with Crippen molar-refractivity contribution in [2.45, 2.75) is 38.9 Å². The van der Waals surface area contributed by atoms with Gasteiger partial charge in [-0.05, 0) is 65.4 Å². The maximum Gasteiger partial charge on any atom is 0.419 e. The lowest BCUT2D eigenvalue weighted by atomic mass is 9.94. The van der Waals surface area contributed by atoms with Crippen LogP contribution in [0.15, 0.2) is 54.6 Å². The van der Waals surface area contributed by atoms with Gasteiger partial charge in [-0.2, -0.15) is 13.2 Å². The van der Waals surface area contributed by atoms with E-state index in [9.17, 15) is 27.2 Å². The molecule has 0 bridgehead atoms. The fraction of sp³-hybridized carbons (Fsp3) is 0.259. The highest BCUT2D eigenvalue weighted by molar-refractivity contribution is 6.30. The number of rotatable bonds is 5. The third-order valence-corrected chi connectivity index (χ3v) is 6.45. The first-order chi connectivity index (χ1) is 17.0. The minimum Gasteiger partial charge on any atom is -0.338 e. The Balaban J connectivity index is 1.45. The average molecular weight is 519 g/mol. The summed E-state index contributed by atoms with van der Waals surface area (Å²) in [7, 11) is 0. The van der Waals surface area contributed by atoms with Crippen LogP contribution in [0.25, 0.3) is 0 Å². The Hall–Kier alpha value is -3.39. The third kappa shape index (κ3) is 5.87. The maximum atomic E-state index is 13.9. The average Bonchev–Trinajstić information content (AvgIpc) is 2.81. The molecule has 0 unspecified atom stereocenters. The zero-order chi connectivity index (χ0) is 26.0. The van der Waals surface area contributed by atoms with E-state index in [0.717, 1.165) is 34.4 Å². The number of halogens is 5. The summed E-state index contributed by atoms with van der Waals surface area (Å²) >= 11 is 5.91. The number of hydrogen-bond donors (Lipinski definition) is 1. The molecule has 0 atom stereocenters. The lowest BCUT2D eigenvalue weighted by molar-refractivity contribution is -0.140. The minimum absolute atomic E-state index is 0.0153. The number of fused-ring (bicyclic) bond motifs is 1. The number of carbonyl (C=O) groups excluding carboxylic acids is 2. The highest BCUT2D eigenvalue weighted by Crippen LogP contribution is 2.32. The molecule has 0 saturated heterocycles. The Kier molecular flexibility index (Phi) is 7.36. The van der Waals surface area contributed by atoms with E-state index in [1.807, 2.05) is 31.2 Å². The fourth-order valence-corrected chi connectivity index (χ4v) is 4.44. The summed E-state index contributed by atoms with van der Waals surface area (Å²) in [5.74, 6) is -1.89. The van der Waals surface area contributed by atoms with Crippen molar-refractivity contribution in [1.82, 2.24) is 4.90 Å². The molecule has 1 heterocycles. The molecule has 36 heavy (non-hydrogen) atoms. The van der Waals surface area contributed by atoms with Crippen LogP contribution >= 0.6 is 11.6 Å². The van der Waals surface area contributed by atoms with Gasteiger partial charge in [-0.15, -0.1) is 0 Å². The van der Waals surface area contributed by atoms with Crippen LogP contribution in [-0.2, 0) is 41.6 Å². The van der Waals surface area contributed by atoms with Crippen molar-refractivity contribution in [2.75, 3.05) is 11.9 Å². The van der Waals surface area contributed by atoms with Crippen molar-refractivity contribution in [3.63, 3.8) is 0 Å². The Bertz CT molecular complexity index is 1310. The normalized spacial score (nSPS) is 13.3. The predicted molar refractivity (Wildman–Crippen MR) is 129 cm³/mol. The zero-order valence-electron chi connectivity index (χ0n) is 19.4. The van der Waals surface area contributed by atoms with Gasteiger partial charge in [0.1, 0.15) is 5.82 Å². The van der Waals surface area contributed by atoms with Gasteiger partial charge in [0.05, 0.1) is 18.4 Å². The molecule has 0 spiro atoms. The molecule has 0 aliphatic carbocycles. The molecule has 188 valence electrons. The number of hydrogen-bond acceptors (Lipinski definition) is 2. The van der Waals surface area contributed by atoms with Gasteiger partial charge in [-0.3, -0.25) is 9.59 Å². The third-order valence-electron chi connectivity index (χ3n) is 6.20. The first-order valence-corrected chi connectivity index (χ1v) is 11.7. The first-order valence-electron chi connectivity index (χ1n) is 11.3. The number of nitrogens with zero attached hydrogens (tertiary/aromatic N) is 1. The number of nitrogens with one attached hydrogen (secondary N) is 1. The van der Waals surface area contributed by atoms with Gasteiger partial charge in [0, 0.05) is 23.8 Å². The highest BCUT2D eigenvalue weighted by Gasteiger charge is 2.34. The summed E-state index contributed by atoms with van der Waals surface area (Å²) in [4.78, 5) is 27.3. The van der Waals surface area contributed by atoms with Gasteiger partial charge < -0.3 is 10.2 Å². The number of amides is 2. The second-order valence-corrected chi connectivity index (χ2v) is 9.24. The highest BCUT2D eigenvalue weighted by atomic mass is 35.5. The Morgan fingerprint density at radius 1 is 1.00 bits per heavy atom. The SMILES string of the molecule is Cc1ccc2c(c1NC(=O)Cc1ccc(C(F)(F)F)c(F)c1)CCN(C(=O)Cc1ccc(Cl)cc1)C2. The summed E-state index contributed by atoms with van der Waals surface area (Å²) in [5.41, 5.74) is 2.90. The van der Waals surface area contributed by atoms with Crippen molar-refractivity contribution < 1.29 is 27.2 Å². The lowest BCUT2D eigenvalue weighted by Gasteiger charge is -2.31. The van der Waals surface area contributed by atoms with Crippen LogP contribution in [0.5, 0.6) is 0 Å². The van der Waals surface area contributed by atoms with Gasteiger partial charge >= 0.3 is 6.18 Å². The van der Waals surface area contributed by atoms with Crippen LogP contribution in [0.3, 0.4) is 0 Å². The van der Waals surface area contributed by atoms with Crippen LogP contribution in [0.1, 0.15) is 33.4 Å². The molecule has 0 fully saturated rings. The Morgan fingerprint density at radius 3 is 2.36 bits per heavy atom. The molecule has 2 amide bonds. The molecule has 1 N–H and O–H groups in total. The molecule has 4 nitrogen and oxygen atoms in total. The number of aryl methyl sites for hydroxylation is 1. The minimum atomic E-state index is -4.80. The summed E-state index contributed by atoms with van der Waals surface area (Å²) in [6.07, 6.45) is -4.28. The lowest BCUT2D eigenvalue weighted by Crippen LogP contribution is -2.37. The van der Waals surface area contributed by atoms with Crippen LogP contribution < -0.4 is 5.32 Å². The summed E-state index contributed by atoms with van der Waals surface area (Å²) in [6.45, 7) is 2.72. The number of anilines is 1. The van der Waals surface area contributed by atoms with Crippen molar-refractivity contribution in [3.8, 4) is 0 Å². The van der Waals surface area contributed by atoms with Crippen molar-refractivity contribution in [3.05, 3.63) is 98.8 Å². The van der Waals surface area contributed by atoms with Crippen LogP contribution in [0.4, 0.5) is 23.2 Å². The molecule has 1 aliphatic rings. The summed E-state index contributed by atoms with van der Waals surface area (Å²) in [6, 6.07) is 13.4. The van der Waals surface area contributed by atoms with E-state index in [0.29, 0.717) is 36.3 Å². The smallest absolute Gasteiger partial charge is 0.338 e. The standard InChI is InChI=1S/C27H23ClF4N2O2/c1-16-2-6-19-15-34(25(36)14-17-3-7-20(28)8-4-17)11-10-21(19)26(16)33-24(35)13-18-5-9-22(23(29)12-18)27(30,31)32/h2-9,12H,10-11,13-15H2,1H3,(H,33,35). The van der Waals surface area contributed by atoms with Crippen LogP contribution in [0, 0.1) is 12.7 Å². The molecule has 3 aromatic carbocycles. The molecule has 0 saturated carbocycles. The first kappa shape index (κ1) is 25.7. The maximum absolute atomic E-state index is 13.9. The second kappa shape index (κ2) is 10.3. The largest absolute Gasteiger partial charge is 0.419 e. The molecular weight excluding hydrogens is 496 g/mol. The van der Waals surface area contributed by atoms with E-state index in [4.69, 9.17) is 11.6 Å². The van der Waals surface area contributed by atoms with E-state index in [-0.39, 0.29) is 24.3 Å². The molecule has 9 heteroatoms. The van der Waals surface area contributed by atoms with Crippen molar-refractivity contribution in [1.29, 1.82) is 0 Å². The molecular formula is C27H23ClF4N2O2. The van der Waals surface area contributed by atoms with E-state index in [2.05, 4.69) is 5.32 Å². The van der Waals surface area contributed by atoms with E-state index >= 15 is 0 Å². The fourth-order valence-electron chi connectivity index (χ4n) is 4.32. The Labute approximate surface area is 210 Å². The summed E-state index contributed by atoms with van der Waals surface area (Å²) in [5, 5.41) is 3.44. The van der Waals surface area contributed by atoms with Gasteiger partial charge in [-0.25, -0.2) is 4.39 Å². The molecule has 0 radical (unpaired) electrons. The van der Waals surface area contributed by atoms with Crippen LogP contribution in [-0.4, -0.2) is 23.3 Å². The Morgan fingerprint density at radius 2 is 1.69 bits per heavy atom. The van der Waals surface area contributed by atoms with Gasteiger partial charge in [0.2, 0.25) is 11.8 Å².